The Labute approximate surface area is 284 Å². The van der Waals surface area contributed by atoms with Gasteiger partial charge in [0.2, 0.25) is 5.91 Å². The Hall–Kier alpha value is -5.56. The molecule has 6 rings (SSSR count). The number of nitriles is 1. The minimum Gasteiger partial charge on any atom is -0.475 e. The molecule has 0 radical (unpaired) electrons. The van der Waals surface area contributed by atoms with E-state index in [0.29, 0.717) is 43.4 Å². The molecule has 0 aliphatic carbocycles. The highest BCUT2D eigenvalue weighted by Gasteiger charge is 2.38. The fourth-order valence-corrected chi connectivity index (χ4v) is 6.21. The van der Waals surface area contributed by atoms with Crippen molar-refractivity contribution in [1.82, 2.24) is 29.3 Å². The van der Waals surface area contributed by atoms with Gasteiger partial charge in [-0.25, -0.2) is 9.78 Å². The first-order valence-electron chi connectivity index (χ1n) is 15.8. The Morgan fingerprint density at radius 2 is 1.80 bits per heavy atom. The average Bonchev–Trinajstić information content (AvgIpc) is 3.51. The monoisotopic (exact) mass is 692 g/mol. The number of likely N-dealkylation sites (tertiary alicyclic amines) is 1. The van der Waals surface area contributed by atoms with Crippen molar-refractivity contribution in [3.05, 3.63) is 71.3 Å². The topological polar surface area (TPSA) is 158 Å². The Bertz CT molecular complexity index is 2020. The molecule has 0 bridgehead atoms. The first-order chi connectivity index (χ1) is 23.8. The summed E-state index contributed by atoms with van der Waals surface area (Å²) in [6.07, 6.45) is -1.55. The number of aliphatic carboxylic acids is 1. The molecule has 0 saturated carbocycles. The number of alkyl halides is 3. The number of carboxylic acids is 1. The molecule has 4 heterocycles. The maximum Gasteiger partial charge on any atom is 0.490 e. The molecule has 2 saturated heterocycles. The molecular formula is C34H35F3N8O5. The lowest BCUT2D eigenvalue weighted by Crippen LogP contribution is -2.55. The number of amides is 1. The van der Waals surface area contributed by atoms with Crippen LogP contribution in [0.4, 0.5) is 19.0 Å². The second-order valence-electron chi connectivity index (χ2n) is 11.9. The first-order valence-corrected chi connectivity index (χ1v) is 15.8. The van der Waals surface area contributed by atoms with Crippen molar-refractivity contribution in [2.75, 3.05) is 44.7 Å². The number of aryl methyl sites for hydroxylation is 1. The van der Waals surface area contributed by atoms with E-state index < -0.39 is 12.1 Å². The number of likely N-dealkylation sites (N-methyl/N-ethyl adjacent to an activating group) is 1. The molecule has 13 nitrogen and oxygen atoms in total. The van der Waals surface area contributed by atoms with Gasteiger partial charge in [-0.15, -0.1) is 0 Å². The van der Waals surface area contributed by atoms with Crippen LogP contribution < -0.4 is 15.2 Å². The molecule has 1 amide bonds. The summed E-state index contributed by atoms with van der Waals surface area (Å²) in [5, 5.41) is 18.6. The summed E-state index contributed by atoms with van der Waals surface area (Å²) < 4.78 is 39.5. The third kappa shape index (κ3) is 7.52. The molecule has 16 heteroatoms. The maximum absolute atomic E-state index is 14.3. The number of hydrogen-bond donors (Lipinski definition) is 1. The number of halogens is 3. The van der Waals surface area contributed by atoms with Crippen molar-refractivity contribution in [2.24, 2.45) is 0 Å². The molecule has 0 unspecified atom stereocenters. The number of fused-ring (bicyclic) bond motifs is 2. The molecule has 2 atom stereocenters. The fourth-order valence-electron chi connectivity index (χ4n) is 6.21. The molecule has 262 valence electrons. The van der Waals surface area contributed by atoms with Gasteiger partial charge in [-0.2, -0.15) is 28.4 Å². The van der Waals surface area contributed by atoms with Crippen molar-refractivity contribution in [3.63, 3.8) is 0 Å². The van der Waals surface area contributed by atoms with E-state index in [0.717, 1.165) is 35.8 Å². The van der Waals surface area contributed by atoms with E-state index in [1.165, 1.54) is 6.08 Å². The van der Waals surface area contributed by atoms with Crippen molar-refractivity contribution in [1.29, 1.82) is 5.26 Å². The lowest BCUT2D eigenvalue weighted by Gasteiger charge is -2.40. The molecule has 2 fully saturated rings. The van der Waals surface area contributed by atoms with Crippen LogP contribution in [0.25, 0.3) is 27.5 Å². The van der Waals surface area contributed by atoms with E-state index in [-0.39, 0.29) is 41.5 Å². The highest BCUT2D eigenvalue weighted by molar-refractivity contribution is 5.92. The van der Waals surface area contributed by atoms with Crippen molar-refractivity contribution < 1.29 is 32.6 Å². The number of carbonyl (C=O) groups is 2. The number of carboxylic acid groups (broad SMARTS) is 1. The molecule has 2 aliphatic rings. The fraction of sp³-hybridized carbons (Fsp3) is 0.382. The lowest BCUT2D eigenvalue weighted by molar-refractivity contribution is -0.192. The first kappa shape index (κ1) is 35.7. The zero-order valence-corrected chi connectivity index (χ0v) is 27.4. The second-order valence-corrected chi connectivity index (χ2v) is 11.9. The van der Waals surface area contributed by atoms with Crippen molar-refractivity contribution in [2.45, 2.75) is 44.4 Å². The number of hydrogen-bond acceptors (Lipinski definition) is 10. The van der Waals surface area contributed by atoms with Crippen LogP contribution >= 0.6 is 0 Å². The summed E-state index contributed by atoms with van der Waals surface area (Å²) in [6, 6.07) is 15.9. The van der Waals surface area contributed by atoms with Crippen molar-refractivity contribution in [3.8, 4) is 17.8 Å². The van der Waals surface area contributed by atoms with E-state index in [1.807, 2.05) is 47.4 Å². The van der Waals surface area contributed by atoms with Gasteiger partial charge in [-0.3, -0.25) is 14.2 Å². The van der Waals surface area contributed by atoms with Gasteiger partial charge in [0, 0.05) is 31.1 Å². The van der Waals surface area contributed by atoms with E-state index in [2.05, 4.69) is 29.6 Å². The van der Waals surface area contributed by atoms with E-state index in [1.54, 1.807) is 16.4 Å². The van der Waals surface area contributed by atoms with Crippen LogP contribution in [-0.2, 0) is 9.59 Å². The van der Waals surface area contributed by atoms with Gasteiger partial charge in [0.25, 0.3) is 5.56 Å². The molecule has 2 aromatic carbocycles. The van der Waals surface area contributed by atoms with Gasteiger partial charge < -0.3 is 24.5 Å². The Morgan fingerprint density at radius 3 is 2.46 bits per heavy atom. The summed E-state index contributed by atoms with van der Waals surface area (Å²) in [5.74, 6) is -2.02. The highest BCUT2D eigenvalue weighted by atomic mass is 19.4. The minimum absolute atomic E-state index is 0.108. The second kappa shape index (κ2) is 14.9. The van der Waals surface area contributed by atoms with Gasteiger partial charge in [0.1, 0.15) is 17.9 Å². The van der Waals surface area contributed by atoms with E-state index in [4.69, 9.17) is 24.6 Å². The van der Waals surface area contributed by atoms with Gasteiger partial charge in [-0.1, -0.05) is 43.0 Å². The summed E-state index contributed by atoms with van der Waals surface area (Å²) >= 11 is 0. The molecule has 1 N–H and O–H groups in total. The molecule has 0 spiro atoms. The summed E-state index contributed by atoms with van der Waals surface area (Å²) in [7, 11) is 2.07. The smallest absolute Gasteiger partial charge is 0.475 e. The number of rotatable bonds is 7. The number of benzene rings is 2. The van der Waals surface area contributed by atoms with Crippen LogP contribution in [0.15, 0.2) is 59.9 Å². The van der Waals surface area contributed by atoms with Crippen LogP contribution in [0.2, 0.25) is 0 Å². The van der Waals surface area contributed by atoms with Crippen LogP contribution in [0.1, 0.15) is 25.1 Å². The van der Waals surface area contributed by atoms with Crippen LogP contribution in [-0.4, -0.2) is 104 Å². The SMILES string of the molecule is C=CC(=O)N1CCN(c2nc(OC[C@@H]3CCCN3C)nc3c(=O)n(-c4cccc5ccccc45)c(C)nc23)C[C@@H]1CC#N.O=C(O)C(F)(F)F. The van der Waals surface area contributed by atoms with Gasteiger partial charge in [0.05, 0.1) is 24.2 Å². The molecule has 2 aromatic heterocycles. The Balaban J connectivity index is 0.000000630. The Kier molecular flexibility index (Phi) is 10.7. The number of aromatic nitrogens is 4. The number of nitrogens with zero attached hydrogens (tertiary/aromatic N) is 8. The quantitative estimate of drug-likeness (QED) is 0.281. The van der Waals surface area contributed by atoms with Gasteiger partial charge in [0.15, 0.2) is 11.3 Å². The normalized spacial score (nSPS) is 18.0. The number of anilines is 1. The van der Waals surface area contributed by atoms with Crippen molar-refractivity contribution >= 4 is 39.5 Å². The maximum atomic E-state index is 14.3. The lowest BCUT2D eigenvalue weighted by atomic mass is 10.1. The van der Waals surface area contributed by atoms with Gasteiger partial charge >= 0.3 is 18.2 Å². The number of carbonyl (C=O) groups excluding carboxylic acids is 1. The number of piperazine rings is 1. The predicted octanol–water partition coefficient (Wildman–Crippen LogP) is 3.86. The number of ether oxygens (including phenoxy) is 1. The van der Waals surface area contributed by atoms with Crippen LogP contribution in [0.3, 0.4) is 0 Å². The third-order valence-electron chi connectivity index (χ3n) is 8.74. The molecule has 2 aliphatic heterocycles. The molecule has 4 aromatic rings. The van der Waals surface area contributed by atoms with Crippen LogP contribution in [0, 0.1) is 18.3 Å². The Morgan fingerprint density at radius 1 is 1.08 bits per heavy atom. The highest BCUT2D eigenvalue weighted by Crippen LogP contribution is 2.29. The standard InChI is InChI=1S/C32H34N8O3.C2HF3O2/c1-4-27(41)39-18-17-38(19-23(39)14-15-33)30-28-29(35-32(36-30)43-20-24-11-8-16-37(24)3)31(42)40(21(2)34-28)26-13-7-10-22-9-5-6-12-25(22)26;3-2(4,5)1(6)7/h4-7,9-10,12-13,23-24H,1,8,11,14,16-20H2,2-3H3;(H,6,7)/t23-,24-;/m0./s1. The van der Waals surface area contributed by atoms with E-state index >= 15 is 0 Å². The average molecular weight is 693 g/mol. The van der Waals surface area contributed by atoms with Crippen LogP contribution in [0.5, 0.6) is 6.01 Å². The molecular weight excluding hydrogens is 657 g/mol. The minimum atomic E-state index is -5.08. The largest absolute Gasteiger partial charge is 0.490 e. The third-order valence-corrected chi connectivity index (χ3v) is 8.74. The van der Waals surface area contributed by atoms with Gasteiger partial charge in [-0.05, 0) is 50.9 Å². The summed E-state index contributed by atoms with van der Waals surface area (Å²) in [6.45, 7) is 7.97. The van der Waals surface area contributed by atoms with E-state index in [9.17, 15) is 28.0 Å². The zero-order valence-electron chi connectivity index (χ0n) is 27.4. The zero-order chi connectivity index (χ0) is 36.2. The molecule has 50 heavy (non-hydrogen) atoms. The summed E-state index contributed by atoms with van der Waals surface area (Å²) in [4.78, 5) is 55.9. The predicted molar refractivity (Wildman–Crippen MR) is 178 cm³/mol. The summed E-state index contributed by atoms with van der Waals surface area (Å²) in [5.41, 5.74) is 0.915.